The van der Waals surface area contributed by atoms with Crippen LogP contribution in [-0.2, 0) is 15.1 Å². The number of nitrogens with two attached hydrogens (primary N) is 1. The largest absolute Gasteiger partial charge is 0.361 e. The molecule has 2 aromatic rings. The predicted molar refractivity (Wildman–Crippen MR) is 89.9 cm³/mol. The highest BCUT2D eigenvalue weighted by atomic mass is 19.1. The van der Waals surface area contributed by atoms with Crippen molar-refractivity contribution in [1.29, 1.82) is 0 Å². The normalized spacial score (nSPS) is 14.1. The summed E-state index contributed by atoms with van der Waals surface area (Å²) < 4.78 is 42.5. The van der Waals surface area contributed by atoms with Crippen molar-refractivity contribution in [1.82, 2.24) is 15.8 Å². The first-order valence-electron chi connectivity index (χ1n) is 8.02. The topological polar surface area (TPSA) is 126 Å². The molecule has 1 aliphatic carbocycles. The van der Waals surface area contributed by atoms with Gasteiger partial charge in [-0.15, -0.1) is 0 Å². The van der Waals surface area contributed by atoms with Gasteiger partial charge in [-0.1, -0.05) is 6.07 Å². The number of carbonyl (C=O) groups excluding carboxylic acids is 3. The second-order valence-corrected chi connectivity index (χ2v) is 6.13. The standard InChI is InChI=1S/C17H14F3N5O3/c18-9-2-1-3-10(19)12(9)17(4-5-17)23-14-11(20)6-8(7-22-14)15(27)24-25-16(28)13(21)26/h1-3,6-7H,4-5H2,(H2,21,26)(H,22,23)(H,24,27)(H,25,28). The van der Waals surface area contributed by atoms with E-state index in [-0.39, 0.29) is 16.9 Å². The van der Waals surface area contributed by atoms with Gasteiger partial charge in [0, 0.05) is 11.8 Å². The molecular weight excluding hydrogens is 379 g/mol. The highest BCUT2D eigenvalue weighted by Crippen LogP contribution is 2.50. The van der Waals surface area contributed by atoms with Crippen LogP contribution in [0, 0.1) is 17.5 Å². The van der Waals surface area contributed by atoms with E-state index in [2.05, 4.69) is 10.3 Å². The summed E-state index contributed by atoms with van der Waals surface area (Å²) in [6.45, 7) is 0. The lowest BCUT2D eigenvalue weighted by molar-refractivity contribution is -0.137. The number of hydrogen-bond donors (Lipinski definition) is 4. The summed E-state index contributed by atoms with van der Waals surface area (Å²) in [5.74, 6) is -6.29. The van der Waals surface area contributed by atoms with Crippen molar-refractivity contribution < 1.29 is 27.6 Å². The van der Waals surface area contributed by atoms with Gasteiger partial charge in [0.25, 0.3) is 5.91 Å². The Morgan fingerprint density at radius 2 is 1.68 bits per heavy atom. The third kappa shape index (κ3) is 3.72. The van der Waals surface area contributed by atoms with Gasteiger partial charge < -0.3 is 11.1 Å². The Morgan fingerprint density at radius 3 is 2.21 bits per heavy atom. The fourth-order valence-electron chi connectivity index (χ4n) is 2.65. The summed E-state index contributed by atoms with van der Waals surface area (Å²) in [5.41, 5.74) is 6.71. The van der Waals surface area contributed by atoms with Gasteiger partial charge in [0.05, 0.1) is 11.1 Å². The van der Waals surface area contributed by atoms with E-state index in [1.165, 1.54) is 6.07 Å². The molecule has 8 nitrogen and oxygen atoms in total. The molecule has 0 saturated heterocycles. The molecule has 5 N–H and O–H groups in total. The zero-order valence-corrected chi connectivity index (χ0v) is 14.2. The van der Waals surface area contributed by atoms with E-state index in [0.717, 1.165) is 24.4 Å². The molecule has 1 aliphatic rings. The van der Waals surface area contributed by atoms with E-state index in [9.17, 15) is 27.6 Å². The summed E-state index contributed by atoms with van der Waals surface area (Å²) in [5, 5.41) is 2.70. The minimum absolute atomic E-state index is 0.202. The van der Waals surface area contributed by atoms with Crippen LogP contribution in [0.4, 0.5) is 19.0 Å². The Hall–Kier alpha value is -3.63. The smallest absolute Gasteiger partial charge is 0.327 e. The summed E-state index contributed by atoms with van der Waals surface area (Å²) in [6.07, 6.45) is 1.73. The first-order chi connectivity index (χ1) is 13.2. The highest BCUT2D eigenvalue weighted by Gasteiger charge is 2.48. The quantitative estimate of drug-likeness (QED) is 0.453. The first-order valence-corrected chi connectivity index (χ1v) is 8.02. The Kier molecular flexibility index (Phi) is 4.91. The van der Waals surface area contributed by atoms with Gasteiger partial charge in [-0.2, -0.15) is 0 Å². The second-order valence-electron chi connectivity index (χ2n) is 6.13. The number of primary amides is 1. The van der Waals surface area contributed by atoms with Crippen molar-refractivity contribution in [3.63, 3.8) is 0 Å². The maximum absolute atomic E-state index is 14.4. The van der Waals surface area contributed by atoms with E-state index >= 15 is 0 Å². The second kappa shape index (κ2) is 7.18. The minimum atomic E-state index is -1.32. The van der Waals surface area contributed by atoms with Crippen LogP contribution in [-0.4, -0.2) is 22.7 Å². The van der Waals surface area contributed by atoms with Crippen molar-refractivity contribution in [3.8, 4) is 0 Å². The van der Waals surface area contributed by atoms with Crippen LogP contribution >= 0.6 is 0 Å². The van der Waals surface area contributed by atoms with Crippen LogP contribution in [0.5, 0.6) is 0 Å². The zero-order valence-electron chi connectivity index (χ0n) is 14.2. The monoisotopic (exact) mass is 393 g/mol. The Balaban J connectivity index is 1.76. The van der Waals surface area contributed by atoms with Crippen LogP contribution in [0.3, 0.4) is 0 Å². The number of nitrogens with one attached hydrogen (secondary N) is 3. The molecule has 1 fully saturated rings. The lowest BCUT2D eigenvalue weighted by Crippen LogP contribution is -2.47. The van der Waals surface area contributed by atoms with Gasteiger partial charge in [-0.25, -0.2) is 18.2 Å². The van der Waals surface area contributed by atoms with Crippen molar-refractivity contribution in [2.24, 2.45) is 5.73 Å². The van der Waals surface area contributed by atoms with Crippen molar-refractivity contribution in [3.05, 3.63) is 59.0 Å². The first kappa shape index (κ1) is 19.1. The molecule has 1 saturated carbocycles. The number of pyridine rings is 1. The third-order valence-corrected chi connectivity index (χ3v) is 4.17. The summed E-state index contributed by atoms with van der Waals surface area (Å²) in [7, 11) is 0. The van der Waals surface area contributed by atoms with Crippen LogP contribution in [0.15, 0.2) is 30.5 Å². The number of aromatic nitrogens is 1. The third-order valence-electron chi connectivity index (χ3n) is 4.17. The van der Waals surface area contributed by atoms with Gasteiger partial charge in [-0.05, 0) is 31.0 Å². The number of hydrogen-bond acceptors (Lipinski definition) is 5. The molecule has 1 heterocycles. The highest BCUT2D eigenvalue weighted by molar-refractivity contribution is 6.34. The van der Waals surface area contributed by atoms with Crippen molar-refractivity contribution in [2.75, 3.05) is 5.32 Å². The Bertz CT molecular complexity index is 958. The summed E-state index contributed by atoms with van der Waals surface area (Å²) in [6, 6.07) is 4.26. The molecule has 11 heteroatoms. The van der Waals surface area contributed by atoms with Crippen molar-refractivity contribution >= 4 is 23.5 Å². The van der Waals surface area contributed by atoms with Gasteiger partial charge in [0.1, 0.15) is 11.6 Å². The SMILES string of the molecule is NC(=O)C(=O)NNC(=O)c1cnc(NC2(c3c(F)cccc3F)CC2)c(F)c1. The number of rotatable bonds is 4. The van der Waals surface area contributed by atoms with Gasteiger partial charge in [0.15, 0.2) is 11.6 Å². The molecule has 0 spiro atoms. The molecule has 0 bridgehead atoms. The van der Waals surface area contributed by atoms with Gasteiger partial charge in [-0.3, -0.25) is 25.2 Å². The van der Waals surface area contributed by atoms with E-state index < -0.39 is 40.7 Å². The number of nitrogens with zero attached hydrogens (tertiary/aromatic N) is 1. The molecule has 3 amide bonds. The molecule has 28 heavy (non-hydrogen) atoms. The lowest BCUT2D eigenvalue weighted by atomic mass is 10.0. The molecule has 3 rings (SSSR count). The molecule has 1 aromatic heterocycles. The van der Waals surface area contributed by atoms with E-state index in [4.69, 9.17) is 5.73 Å². The molecule has 0 radical (unpaired) electrons. The number of benzene rings is 1. The number of carbonyl (C=O) groups is 3. The van der Waals surface area contributed by atoms with E-state index in [0.29, 0.717) is 12.8 Å². The Labute approximate surface area is 156 Å². The fourth-order valence-corrected chi connectivity index (χ4v) is 2.65. The molecule has 0 atom stereocenters. The lowest BCUT2D eigenvalue weighted by Gasteiger charge is -2.20. The molecule has 0 unspecified atom stereocenters. The van der Waals surface area contributed by atoms with E-state index in [1.54, 1.807) is 5.43 Å². The fraction of sp³-hybridized carbons (Fsp3) is 0.176. The maximum Gasteiger partial charge on any atom is 0.327 e. The molecule has 0 aliphatic heterocycles. The maximum atomic E-state index is 14.4. The van der Waals surface area contributed by atoms with Gasteiger partial charge in [0.2, 0.25) is 0 Å². The Morgan fingerprint density at radius 1 is 1.04 bits per heavy atom. The van der Waals surface area contributed by atoms with Crippen LogP contribution in [0.25, 0.3) is 0 Å². The molecular formula is C17H14F3N5O3. The van der Waals surface area contributed by atoms with Gasteiger partial charge >= 0.3 is 11.8 Å². The number of hydrazine groups is 1. The predicted octanol–water partition coefficient (Wildman–Crippen LogP) is 0.846. The average Bonchev–Trinajstić information content (AvgIpc) is 3.41. The molecule has 1 aromatic carbocycles. The zero-order chi connectivity index (χ0) is 20.5. The van der Waals surface area contributed by atoms with Crippen molar-refractivity contribution in [2.45, 2.75) is 18.4 Å². The van der Waals surface area contributed by atoms with Crippen LogP contribution in [0.1, 0.15) is 28.8 Å². The number of anilines is 1. The number of halogens is 3. The van der Waals surface area contributed by atoms with E-state index in [1.807, 2.05) is 5.43 Å². The van der Waals surface area contributed by atoms with Crippen LogP contribution < -0.4 is 21.9 Å². The van der Waals surface area contributed by atoms with Crippen LogP contribution in [0.2, 0.25) is 0 Å². The average molecular weight is 393 g/mol. The summed E-state index contributed by atoms with van der Waals surface area (Å²) >= 11 is 0. The minimum Gasteiger partial charge on any atom is -0.361 e. The molecule has 146 valence electrons. The summed E-state index contributed by atoms with van der Waals surface area (Å²) in [4.78, 5) is 37.2. The number of amides is 3.